The van der Waals surface area contributed by atoms with Gasteiger partial charge in [-0.2, -0.15) is 0 Å². The summed E-state index contributed by atoms with van der Waals surface area (Å²) < 4.78 is 56.2. The average molecular weight is 381 g/mol. The van der Waals surface area contributed by atoms with Crippen molar-refractivity contribution in [1.29, 1.82) is 0 Å². The van der Waals surface area contributed by atoms with Gasteiger partial charge in [-0.25, -0.2) is 17.2 Å². The molecule has 0 aromatic heterocycles. The Kier molecular flexibility index (Phi) is 4.81. The van der Waals surface area contributed by atoms with Crippen LogP contribution in [-0.2, 0) is 14.6 Å². The molecule has 0 spiro atoms. The number of benzene rings is 2. The zero-order chi connectivity index (χ0) is 18.9. The summed E-state index contributed by atoms with van der Waals surface area (Å²) in [6.45, 7) is 0.181. The maximum Gasteiger partial charge on any atom is 0.251 e. The Hall–Kier alpha value is -2.32. The maximum absolute atomic E-state index is 14.0. The Labute approximate surface area is 149 Å². The number of carbonyl (C=O) groups is 1. The quantitative estimate of drug-likeness (QED) is 0.862. The van der Waals surface area contributed by atoms with E-state index >= 15 is 0 Å². The number of rotatable bonds is 5. The number of amides is 1. The van der Waals surface area contributed by atoms with E-state index in [1.165, 1.54) is 30.3 Å². The zero-order valence-corrected chi connectivity index (χ0v) is 14.8. The third kappa shape index (κ3) is 3.91. The predicted octanol–water partition coefficient (Wildman–Crippen LogP) is 2.18. The first kappa shape index (κ1) is 18.5. The molecule has 0 bridgehead atoms. The average Bonchev–Trinajstić information content (AvgIpc) is 2.51. The minimum Gasteiger partial charge on any atom is -0.376 e. The van der Waals surface area contributed by atoms with E-state index in [0.29, 0.717) is 0 Å². The van der Waals surface area contributed by atoms with E-state index in [2.05, 4.69) is 5.32 Å². The van der Waals surface area contributed by atoms with Crippen molar-refractivity contribution < 1.29 is 26.7 Å². The fourth-order valence-corrected chi connectivity index (χ4v) is 4.19. The van der Waals surface area contributed by atoms with Crippen molar-refractivity contribution in [2.75, 3.05) is 25.2 Å². The van der Waals surface area contributed by atoms with Gasteiger partial charge >= 0.3 is 0 Å². The first-order valence-electron chi connectivity index (χ1n) is 7.82. The summed E-state index contributed by atoms with van der Waals surface area (Å²) in [6.07, 6.45) is 1.08. The number of hydrogen-bond donors (Lipinski definition) is 1. The molecule has 1 amide bonds. The van der Waals surface area contributed by atoms with Crippen molar-refractivity contribution in [3.63, 3.8) is 0 Å². The van der Waals surface area contributed by atoms with Gasteiger partial charge in [0.25, 0.3) is 5.91 Å². The van der Waals surface area contributed by atoms with E-state index in [-0.39, 0.29) is 35.7 Å². The number of nitrogens with one attached hydrogen (secondary N) is 1. The van der Waals surface area contributed by atoms with Gasteiger partial charge in [-0.05, 0) is 29.8 Å². The fraction of sp³-hybridized carbons (Fsp3) is 0.278. The van der Waals surface area contributed by atoms with Crippen molar-refractivity contribution in [3.05, 3.63) is 59.7 Å². The van der Waals surface area contributed by atoms with Crippen LogP contribution in [0.5, 0.6) is 0 Å². The van der Waals surface area contributed by atoms with Crippen molar-refractivity contribution in [2.24, 2.45) is 0 Å². The predicted molar refractivity (Wildman–Crippen MR) is 92.5 cm³/mol. The highest BCUT2D eigenvalue weighted by atomic mass is 32.2. The van der Waals surface area contributed by atoms with Crippen LogP contribution < -0.4 is 5.32 Å². The second-order valence-corrected chi connectivity index (χ2v) is 8.61. The first-order valence-corrected chi connectivity index (χ1v) is 9.88. The van der Waals surface area contributed by atoms with Gasteiger partial charge in [-0.15, -0.1) is 0 Å². The molecule has 0 radical (unpaired) electrons. The van der Waals surface area contributed by atoms with Crippen LogP contribution >= 0.6 is 0 Å². The summed E-state index contributed by atoms with van der Waals surface area (Å²) in [4.78, 5) is 12.5. The van der Waals surface area contributed by atoms with Gasteiger partial charge in [-0.1, -0.05) is 18.2 Å². The lowest BCUT2D eigenvalue weighted by atomic mass is 9.98. The molecule has 1 N–H and O–H groups in total. The fourth-order valence-electron chi connectivity index (χ4n) is 2.94. The number of carbonyl (C=O) groups excluding carboxylic acids is 1. The van der Waals surface area contributed by atoms with Crippen molar-refractivity contribution in [2.45, 2.75) is 5.54 Å². The van der Waals surface area contributed by atoms with Gasteiger partial charge in [0.15, 0.2) is 0 Å². The van der Waals surface area contributed by atoms with Gasteiger partial charge < -0.3 is 10.1 Å². The Balaban J connectivity index is 1.87. The molecule has 2 aromatic carbocycles. The molecule has 1 fully saturated rings. The van der Waals surface area contributed by atoms with E-state index < -0.39 is 32.9 Å². The van der Waals surface area contributed by atoms with Crippen LogP contribution in [0.4, 0.5) is 8.78 Å². The van der Waals surface area contributed by atoms with Crippen LogP contribution in [0.3, 0.4) is 0 Å². The van der Waals surface area contributed by atoms with Crippen LogP contribution in [-0.4, -0.2) is 45.1 Å². The Bertz CT molecular complexity index is 935. The lowest BCUT2D eigenvalue weighted by molar-refractivity contribution is -0.0574. The second kappa shape index (κ2) is 6.77. The van der Waals surface area contributed by atoms with Crippen LogP contribution in [0, 0.1) is 11.6 Å². The standard InChI is InChI=1S/C18H17F2NO4S/c1-26(23,24)11-18(9-25-10-18)21-17(22)13-5-2-4-12(8-13)16-14(19)6-3-7-15(16)20/h2-8H,9-11H2,1H3,(H,21,22). The summed E-state index contributed by atoms with van der Waals surface area (Å²) in [7, 11) is -3.33. The normalized spacial score (nSPS) is 16.0. The largest absolute Gasteiger partial charge is 0.376 e. The van der Waals surface area contributed by atoms with E-state index in [9.17, 15) is 22.0 Å². The van der Waals surface area contributed by atoms with Crippen molar-refractivity contribution in [1.82, 2.24) is 5.32 Å². The highest BCUT2D eigenvalue weighted by Crippen LogP contribution is 2.27. The molecule has 0 saturated carbocycles. The number of ether oxygens (including phenoxy) is 1. The van der Waals surface area contributed by atoms with E-state index in [1.807, 2.05) is 0 Å². The van der Waals surface area contributed by atoms with E-state index in [0.717, 1.165) is 18.4 Å². The maximum atomic E-state index is 14.0. The lowest BCUT2D eigenvalue weighted by Crippen LogP contribution is -2.65. The molecule has 26 heavy (non-hydrogen) atoms. The first-order chi connectivity index (χ1) is 12.2. The number of sulfone groups is 1. The molecule has 1 saturated heterocycles. The Morgan fingerprint density at radius 3 is 2.31 bits per heavy atom. The molecule has 8 heteroatoms. The Morgan fingerprint density at radius 1 is 1.15 bits per heavy atom. The molecule has 138 valence electrons. The molecular weight excluding hydrogens is 364 g/mol. The Morgan fingerprint density at radius 2 is 1.77 bits per heavy atom. The van der Waals surface area contributed by atoms with Gasteiger partial charge in [0, 0.05) is 11.8 Å². The molecule has 0 aliphatic carbocycles. The molecule has 5 nitrogen and oxygen atoms in total. The number of halogens is 2. The molecule has 1 aliphatic heterocycles. The highest BCUT2D eigenvalue weighted by Gasteiger charge is 2.43. The summed E-state index contributed by atoms with van der Waals surface area (Å²) in [5, 5.41) is 2.68. The summed E-state index contributed by atoms with van der Waals surface area (Å²) in [6, 6.07) is 9.40. The number of hydrogen-bond acceptors (Lipinski definition) is 4. The van der Waals surface area contributed by atoms with Crippen molar-refractivity contribution in [3.8, 4) is 11.1 Å². The smallest absolute Gasteiger partial charge is 0.251 e. The molecule has 2 aromatic rings. The monoisotopic (exact) mass is 381 g/mol. The van der Waals surface area contributed by atoms with Gasteiger partial charge in [0.2, 0.25) is 0 Å². The topological polar surface area (TPSA) is 72.5 Å². The van der Waals surface area contributed by atoms with Crippen LogP contribution in [0.1, 0.15) is 10.4 Å². The van der Waals surface area contributed by atoms with Gasteiger partial charge in [0.1, 0.15) is 27.0 Å². The SMILES string of the molecule is CS(=O)(=O)CC1(NC(=O)c2cccc(-c3c(F)cccc3F)c2)COC1. The summed E-state index contributed by atoms with van der Waals surface area (Å²) in [5.74, 6) is -2.24. The third-order valence-corrected chi connectivity index (χ3v) is 5.13. The molecule has 0 atom stereocenters. The van der Waals surface area contributed by atoms with Crippen molar-refractivity contribution >= 4 is 15.7 Å². The van der Waals surface area contributed by atoms with E-state index in [1.54, 1.807) is 0 Å². The van der Waals surface area contributed by atoms with Gasteiger partial charge in [-0.3, -0.25) is 4.79 Å². The molecular formula is C18H17F2NO4S. The highest BCUT2D eigenvalue weighted by molar-refractivity contribution is 7.90. The minimum absolute atomic E-state index is 0.0907. The summed E-state index contributed by atoms with van der Waals surface area (Å²) >= 11 is 0. The van der Waals surface area contributed by atoms with Crippen LogP contribution in [0.25, 0.3) is 11.1 Å². The van der Waals surface area contributed by atoms with Crippen LogP contribution in [0.2, 0.25) is 0 Å². The summed E-state index contributed by atoms with van der Waals surface area (Å²) in [5.41, 5.74) is -0.815. The zero-order valence-electron chi connectivity index (χ0n) is 14.0. The van der Waals surface area contributed by atoms with E-state index in [4.69, 9.17) is 4.74 Å². The molecule has 0 unspecified atom stereocenters. The molecule has 1 heterocycles. The molecule has 3 rings (SSSR count). The third-order valence-electron chi connectivity index (χ3n) is 4.05. The lowest BCUT2D eigenvalue weighted by Gasteiger charge is -2.41. The minimum atomic E-state index is -3.33. The van der Waals surface area contributed by atoms with Gasteiger partial charge in [0.05, 0.1) is 24.5 Å². The van der Waals surface area contributed by atoms with Crippen LogP contribution in [0.15, 0.2) is 42.5 Å². The molecule has 1 aliphatic rings. The second-order valence-electron chi connectivity index (χ2n) is 6.47.